The van der Waals surface area contributed by atoms with E-state index in [2.05, 4.69) is 63.1 Å². The van der Waals surface area contributed by atoms with Gasteiger partial charge in [0.2, 0.25) is 5.91 Å². The molecule has 174 valence electrons. The number of guanidine groups is 1. The van der Waals surface area contributed by atoms with Crippen molar-refractivity contribution in [3.63, 3.8) is 0 Å². The number of amides is 1. The fourth-order valence-electron chi connectivity index (χ4n) is 4.05. The Balaban J connectivity index is 1.48. The number of carbonyl (C=O) groups is 1. The number of likely N-dealkylation sites (tertiary alicyclic amines) is 1. The number of nitrogens with one attached hydrogen (secondary N) is 2. The summed E-state index contributed by atoms with van der Waals surface area (Å²) < 4.78 is 1.10. The molecule has 2 N–H and O–H groups in total. The Hall–Kier alpha value is -2.65. The molecule has 1 amide bonds. The summed E-state index contributed by atoms with van der Waals surface area (Å²) >= 11 is 3.43. The van der Waals surface area contributed by atoms with E-state index in [1.54, 1.807) is 29.4 Å². The van der Waals surface area contributed by atoms with Crippen molar-refractivity contribution in [3.8, 4) is 11.1 Å². The maximum Gasteiger partial charge on any atom is 0.229 e. The van der Waals surface area contributed by atoms with Gasteiger partial charge in [0.05, 0.1) is 10.2 Å². The summed E-state index contributed by atoms with van der Waals surface area (Å²) in [5.41, 5.74) is 3.30. The van der Waals surface area contributed by atoms with E-state index in [1.807, 2.05) is 18.7 Å². The molecule has 2 aromatic heterocycles. The summed E-state index contributed by atoms with van der Waals surface area (Å²) in [5.74, 6) is 0.917. The Morgan fingerprint density at radius 3 is 2.58 bits per heavy atom. The Labute approximate surface area is 203 Å². The van der Waals surface area contributed by atoms with Crippen LogP contribution in [0, 0.1) is 11.3 Å². The second-order valence-electron chi connectivity index (χ2n) is 8.57. The number of hydrogen-bond donors (Lipinski definition) is 2. The molecule has 0 unspecified atom stereocenters. The highest BCUT2D eigenvalue weighted by molar-refractivity contribution is 7.98. The van der Waals surface area contributed by atoms with Crippen molar-refractivity contribution < 1.29 is 4.79 Å². The number of rotatable bonds is 5. The van der Waals surface area contributed by atoms with Crippen LogP contribution in [0.4, 0.5) is 5.82 Å². The first-order valence-corrected chi connectivity index (χ1v) is 13.2. The van der Waals surface area contributed by atoms with E-state index in [4.69, 9.17) is 5.41 Å². The average molecular weight is 483 g/mol. The summed E-state index contributed by atoms with van der Waals surface area (Å²) in [7, 11) is 2.10. The molecule has 0 bridgehead atoms. The van der Waals surface area contributed by atoms with Crippen molar-refractivity contribution in [2.75, 3.05) is 31.3 Å². The minimum atomic E-state index is -0.131. The highest BCUT2D eigenvalue weighted by Crippen LogP contribution is 2.38. The Morgan fingerprint density at radius 1 is 1.24 bits per heavy atom. The Morgan fingerprint density at radius 2 is 1.94 bits per heavy atom. The fourth-order valence-corrected chi connectivity index (χ4v) is 5.52. The first-order valence-electron chi connectivity index (χ1n) is 11.1. The molecule has 0 saturated carbocycles. The number of thioether (sulfide) groups is 1. The number of piperidine rings is 1. The van der Waals surface area contributed by atoms with Crippen LogP contribution in [-0.4, -0.2) is 59.2 Å². The third kappa shape index (κ3) is 4.99. The van der Waals surface area contributed by atoms with Gasteiger partial charge in [-0.2, -0.15) is 0 Å². The molecular weight excluding hydrogens is 452 g/mol. The van der Waals surface area contributed by atoms with E-state index in [-0.39, 0.29) is 17.8 Å². The van der Waals surface area contributed by atoms with Crippen LogP contribution in [0.1, 0.15) is 26.7 Å². The lowest BCUT2D eigenvalue weighted by Gasteiger charge is -2.38. The molecule has 3 heterocycles. The molecule has 4 rings (SSSR count). The molecule has 3 aromatic rings. The van der Waals surface area contributed by atoms with Crippen molar-refractivity contribution >= 4 is 51.0 Å². The molecule has 1 fully saturated rings. The molecule has 1 saturated heterocycles. The highest BCUT2D eigenvalue weighted by atomic mass is 32.2. The van der Waals surface area contributed by atoms with Crippen LogP contribution in [0.15, 0.2) is 40.9 Å². The van der Waals surface area contributed by atoms with E-state index in [0.717, 1.165) is 47.5 Å². The normalized spacial score (nSPS) is 14.6. The first kappa shape index (κ1) is 23.5. The number of fused-ring (bicyclic) bond motifs is 1. The van der Waals surface area contributed by atoms with Crippen LogP contribution in [0.3, 0.4) is 0 Å². The number of carbonyl (C=O) groups excluding carboxylic acids is 1. The van der Waals surface area contributed by atoms with Gasteiger partial charge in [-0.15, -0.1) is 23.1 Å². The summed E-state index contributed by atoms with van der Waals surface area (Å²) in [4.78, 5) is 26.6. The maximum absolute atomic E-state index is 11.9. The zero-order chi connectivity index (χ0) is 23.5. The lowest BCUT2D eigenvalue weighted by Crippen LogP contribution is -2.51. The molecule has 0 atom stereocenters. The molecule has 0 spiro atoms. The quantitative estimate of drug-likeness (QED) is 0.312. The smallest absolute Gasteiger partial charge is 0.229 e. The van der Waals surface area contributed by atoms with Crippen LogP contribution in [0.2, 0.25) is 0 Å². The van der Waals surface area contributed by atoms with Gasteiger partial charge in [0, 0.05) is 47.9 Å². The predicted molar refractivity (Wildman–Crippen MR) is 138 cm³/mol. The SMILES string of the molecule is CSc1ccc(-c2csc3c(N(C)C4CCN(C(=N)NC(=O)C(C)C)CC4)ncnc23)cc1. The van der Waals surface area contributed by atoms with Crippen molar-refractivity contribution in [1.29, 1.82) is 5.41 Å². The van der Waals surface area contributed by atoms with Crippen molar-refractivity contribution in [1.82, 2.24) is 20.2 Å². The van der Waals surface area contributed by atoms with Gasteiger partial charge in [-0.25, -0.2) is 9.97 Å². The summed E-state index contributed by atoms with van der Waals surface area (Å²) in [5, 5.41) is 13.1. The van der Waals surface area contributed by atoms with Gasteiger partial charge in [-0.3, -0.25) is 15.5 Å². The number of thiophene rings is 1. The standard InChI is InChI=1S/C24H30N6OS2/c1-15(2)23(31)28-24(25)30-11-9-17(10-12-30)29(3)22-21-20(26-14-27-22)19(13-33-21)16-5-7-18(32-4)8-6-16/h5-8,13-15,17H,9-12H2,1-4H3,(H2,25,28,31). The topological polar surface area (TPSA) is 85.2 Å². The van der Waals surface area contributed by atoms with Crippen LogP contribution in [0.25, 0.3) is 21.3 Å². The molecule has 0 radical (unpaired) electrons. The monoisotopic (exact) mass is 482 g/mol. The summed E-state index contributed by atoms with van der Waals surface area (Å²) in [6.45, 7) is 5.14. The van der Waals surface area contributed by atoms with Gasteiger partial charge >= 0.3 is 0 Å². The molecule has 0 aliphatic carbocycles. The van der Waals surface area contributed by atoms with Gasteiger partial charge in [-0.1, -0.05) is 26.0 Å². The second kappa shape index (κ2) is 10.1. The highest BCUT2D eigenvalue weighted by Gasteiger charge is 2.27. The van der Waals surface area contributed by atoms with E-state index < -0.39 is 0 Å². The fraction of sp³-hybridized carbons (Fsp3) is 0.417. The number of aromatic nitrogens is 2. The summed E-state index contributed by atoms with van der Waals surface area (Å²) in [6, 6.07) is 8.92. The van der Waals surface area contributed by atoms with Gasteiger partial charge < -0.3 is 9.80 Å². The van der Waals surface area contributed by atoms with Gasteiger partial charge in [0.1, 0.15) is 12.1 Å². The van der Waals surface area contributed by atoms with Crippen molar-refractivity contribution in [2.45, 2.75) is 37.6 Å². The number of anilines is 1. The minimum absolute atomic E-state index is 0.112. The van der Waals surface area contributed by atoms with E-state index in [0.29, 0.717) is 6.04 Å². The van der Waals surface area contributed by atoms with Crippen LogP contribution < -0.4 is 10.2 Å². The Bertz CT molecular complexity index is 1140. The van der Waals surface area contributed by atoms with E-state index >= 15 is 0 Å². The Kier molecular flexibility index (Phi) is 7.19. The van der Waals surface area contributed by atoms with Gasteiger partial charge in [-0.05, 0) is 36.8 Å². The average Bonchev–Trinajstić information content (AvgIpc) is 3.28. The zero-order valence-corrected chi connectivity index (χ0v) is 21.1. The molecule has 9 heteroatoms. The van der Waals surface area contributed by atoms with E-state index in [9.17, 15) is 4.79 Å². The number of nitrogens with zero attached hydrogens (tertiary/aromatic N) is 4. The molecule has 1 aliphatic heterocycles. The largest absolute Gasteiger partial charge is 0.355 e. The van der Waals surface area contributed by atoms with Crippen LogP contribution in [0.5, 0.6) is 0 Å². The zero-order valence-electron chi connectivity index (χ0n) is 19.5. The van der Waals surface area contributed by atoms with Crippen molar-refractivity contribution in [3.05, 3.63) is 36.0 Å². The number of benzene rings is 1. The molecular formula is C24H30N6OS2. The third-order valence-corrected chi connectivity index (χ3v) is 7.87. The lowest BCUT2D eigenvalue weighted by molar-refractivity contribution is -0.122. The van der Waals surface area contributed by atoms with Gasteiger partial charge in [0.25, 0.3) is 0 Å². The molecule has 7 nitrogen and oxygen atoms in total. The second-order valence-corrected chi connectivity index (χ2v) is 10.3. The summed E-state index contributed by atoms with van der Waals surface area (Å²) in [6.07, 6.45) is 5.54. The molecule has 33 heavy (non-hydrogen) atoms. The van der Waals surface area contributed by atoms with Crippen LogP contribution >= 0.6 is 23.1 Å². The van der Waals surface area contributed by atoms with Crippen LogP contribution in [-0.2, 0) is 4.79 Å². The first-order chi connectivity index (χ1) is 15.9. The molecule has 1 aliphatic rings. The lowest BCUT2D eigenvalue weighted by atomic mass is 10.0. The minimum Gasteiger partial charge on any atom is -0.355 e. The maximum atomic E-state index is 11.9. The van der Waals surface area contributed by atoms with E-state index in [1.165, 1.54) is 10.5 Å². The molecule has 1 aromatic carbocycles. The predicted octanol–water partition coefficient (Wildman–Crippen LogP) is 4.69. The third-order valence-electron chi connectivity index (χ3n) is 6.16. The number of hydrogen-bond acceptors (Lipinski definition) is 7. The van der Waals surface area contributed by atoms with Crippen molar-refractivity contribution in [2.24, 2.45) is 5.92 Å². The van der Waals surface area contributed by atoms with Gasteiger partial charge in [0.15, 0.2) is 5.96 Å².